The molecule has 7 nitrogen and oxygen atoms in total. The quantitative estimate of drug-likeness (QED) is 0.581. The molecule has 2 aromatic carbocycles. The molecular weight excluding hydrogens is 388 g/mol. The molecule has 162 valence electrons. The molecule has 1 heterocycles. The Labute approximate surface area is 176 Å². The van der Waals surface area contributed by atoms with Gasteiger partial charge in [0.05, 0.1) is 48.1 Å². The van der Waals surface area contributed by atoms with Gasteiger partial charge in [-0.05, 0) is 48.2 Å². The van der Waals surface area contributed by atoms with E-state index in [1.807, 2.05) is 30.3 Å². The maximum atomic E-state index is 12.5. The third-order valence-electron chi connectivity index (χ3n) is 5.44. The molecule has 30 heavy (non-hydrogen) atoms. The number of ether oxygens (including phenoxy) is 6. The van der Waals surface area contributed by atoms with E-state index in [9.17, 15) is 4.79 Å². The molecule has 0 saturated carbocycles. The Morgan fingerprint density at radius 3 is 1.93 bits per heavy atom. The van der Waals surface area contributed by atoms with Gasteiger partial charge in [0, 0.05) is 5.92 Å². The predicted molar refractivity (Wildman–Crippen MR) is 111 cm³/mol. The second-order valence-corrected chi connectivity index (χ2v) is 7.13. The van der Waals surface area contributed by atoms with Crippen molar-refractivity contribution in [3.63, 3.8) is 0 Å². The van der Waals surface area contributed by atoms with E-state index in [2.05, 4.69) is 0 Å². The Morgan fingerprint density at radius 2 is 1.37 bits per heavy atom. The molecule has 0 radical (unpaired) electrons. The van der Waals surface area contributed by atoms with E-state index in [-0.39, 0.29) is 17.8 Å². The molecule has 0 spiro atoms. The van der Waals surface area contributed by atoms with Crippen LogP contribution in [0.3, 0.4) is 0 Å². The SMILES string of the molecule is COc1ccc(C[C@@H]2C(=O)OC[C@@H]2Cc2cc(OC)c(OC)c(OC)c2)cc1OC. The molecule has 0 amide bonds. The van der Waals surface area contributed by atoms with E-state index < -0.39 is 0 Å². The van der Waals surface area contributed by atoms with Crippen LogP contribution in [0.2, 0.25) is 0 Å². The van der Waals surface area contributed by atoms with Crippen LogP contribution in [-0.4, -0.2) is 48.1 Å². The van der Waals surface area contributed by atoms with Crippen molar-refractivity contribution in [1.29, 1.82) is 0 Å². The van der Waals surface area contributed by atoms with Crippen LogP contribution in [0.4, 0.5) is 0 Å². The number of methoxy groups -OCH3 is 5. The average Bonchev–Trinajstić information content (AvgIpc) is 3.11. The summed E-state index contributed by atoms with van der Waals surface area (Å²) in [4.78, 5) is 12.5. The fourth-order valence-electron chi connectivity index (χ4n) is 3.87. The van der Waals surface area contributed by atoms with Crippen LogP contribution < -0.4 is 23.7 Å². The highest BCUT2D eigenvalue weighted by Crippen LogP contribution is 2.40. The number of carbonyl (C=O) groups is 1. The lowest BCUT2D eigenvalue weighted by molar-refractivity contribution is -0.141. The molecule has 1 aliphatic heterocycles. The van der Waals surface area contributed by atoms with Gasteiger partial charge in [-0.25, -0.2) is 0 Å². The summed E-state index contributed by atoms with van der Waals surface area (Å²) in [5, 5.41) is 0. The molecular formula is C23H28O7. The highest BCUT2D eigenvalue weighted by atomic mass is 16.5. The van der Waals surface area contributed by atoms with Crippen LogP contribution in [0.5, 0.6) is 28.7 Å². The third kappa shape index (κ3) is 4.40. The largest absolute Gasteiger partial charge is 0.493 e. The minimum Gasteiger partial charge on any atom is -0.493 e. The molecule has 0 N–H and O–H groups in total. The van der Waals surface area contributed by atoms with Crippen LogP contribution in [0.25, 0.3) is 0 Å². The van der Waals surface area contributed by atoms with Crippen molar-refractivity contribution >= 4 is 5.97 Å². The molecule has 7 heteroatoms. The molecule has 1 fully saturated rings. The van der Waals surface area contributed by atoms with Crippen molar-refractivity contribution in [2.24, 2.45) is 11.8 Å². The van der Waals surface area contributed by atoms with Gasteiger partial charge in [0.25, 0.3) is 0 Å². The smallest absolute Gasteiger partial charge is 0.309 e. The lowest BCUT2D eigenvalue weighted by atomic mass is 9.85. The van der Waals surface area contributed by atoms with Crippen LogP contribution in [0.1, 0.15) is 11.1 Å². The van der Waals surface area contributed by atoms with Gasteiger partial charge in [-0.3, -0.25) is 4.79 Å². The maximum Gasteiger partial charge on any atom is 0.309 e. The number of carbonyl (C=O) groups excluding carboxylic acids is 1. The summed E-state index contributed by atoms with van der Waals surface area (Å²) >= 11 is 0. The summed E-state index contributed by atoms with van der Waals surface area (Å²) < 4.78 is 32.4. The Bertz CT molecular complexity index is 868. The first kappa shape index (κ1) is 21.6. The first-order valence-corrected chi connectivity index (χ1v) is 9.71. The van der Waals surface area contributed by atoms with Crippen LogP contribution in [-0.2, 0) is 22.4 Å². The number of esters is 1. The second-order valence-electron chi connectivity index (χ2n) is 7.13. The Balaban J connectivity index is 1.82. The average molecular weight is 416 g/mol. The van der Waals surface area contributed by atoms with E-state index in [0.29, 0.717) is 48.2 Å². The second kappa shape index (κ2) is 9.61. The molecule has 1 aliphatic rings. The molecule has 1 saturated heterocycles. The van der Waals surface area contributed by atoms with Crippen molar-refractivity contribution in [3.8, 4) is 28.7 Å². The normalized spacial score (nSPS) is 18.0. The Kier molecular flexibility index (Phi) is 6.92. The first-order chi connectivity index (χ1) is 14.5. The highest BCUT2D eigenvalue weighted by Gasteiger charge is 2.37. The van der Waals surface area contributed by atoms with Gasteiger partial charge in [-0.2, -0.15) is 0 Å². The van der Waals surface area contributed by atoms with E-state index in [1.54, 1.807) is 35.5 Å². The molecule has 2 atom stereocenters. The summed E-state index contributed by atoms with van der Waals surface area (Å²) in [5.41, 5.74) is 1.98. The van der Waals surface area contributed by atoms with E-state index in [0.717, 1.165) is 11.1 Å². The lowest BCUT2D eigenvalue weighted by Crippen LogP contribution is -2.20. The van der Waals surface area contributed by atoms with Gasteiger partial charge in [-0.15, -0.1) is 0 Å². The summed E-state index contributed by atoms with van der Waals surface area (Å²) in [6.07, 6.45) is 1.22. The first-order valence-electron chi connectivity index (χ1n) is 9.71. The number of benzene rings is 2. The monoisotopic (exact) mass is 416 g/mol. The summed E-state index contributed by atoms with van der Waals surface area (Å²) in [6, 6.07) is 9.53. The van der Waals surface area contributed by atoms with E-state index in [4.69, 9.17) is 28.4 Å². The van der Waals surface area contributed by atoms with Gasteiger partial charge in [-0.1, -0.05) is 6.07 Å². The van der Waals surface area contributed by atoms with Crippen LogP contribution >= 0.6 is 0 Å². The number of rotatable bonds is 9. The number of hydrogen-bond donors (Lipinski definition) is 0. The minimum atomic E-state index is -0.248. The van der Waals surface area contributed by atoms with Crippen LogP contribution in [0.15, 0.2) is 30.3 Å². The zero-order valence-corrected chi connectivity index (χ0v) is 18.0. The molecule has 0 unspecified atom stereocenters. The summed E-state index contributed by atoms with van der Waals surface area (Å²) in [6.45, 7) is 0.382. The fraction of sp³-hybridized carbons (Fsp3) is 0.435. The van der Waals surface area contributed by atoms with Gasteiger partial charge in [0.2, 0.25) is 5.75 Å². The topological polar surface area (TPSA) is 72.5 Å². The van der Waals surface area contributed by atoms with Gasteiger partial charge in [0.1, 0.15) is 0 Å². The van der Waals surface area contributed by atoms with Crippen molar-refractivity contribution in [1.82, 2.24) is 0 Å². The molecule has 0 aliphatic carbocycles. The number of hydrogen-bond acceptors (Lipinski definition) is 7. The maximum absolute atomic E-state index is 12.5. The van der Waals surface area contributed by atoms with Crippen molar-refractivity contribution in [3.05, 3.63) is 41.5 Å². The predicted octanol–water partition coefficient (Wildman–Crippen LogP) is 3.30. The summed E-state index contributed by atoms with van der Waals surface area (Å²) in [7, 11) is 7.94. The van der Waals surface area contributed by atoms with Crippen molar-refractivity contribution < 1.29 is 33.2 Å². The van der Waals surface area contributed by atoms with E-state index >= 15 is 0 Å². The van der Waals surface area contributed by atoms with E-state index in [1.165, 1.54) is 0 Å². The number of cyclic esters (lactones) is 1. The van der Waals surface area contributed by atoms with Gasteiger partial charge in [0.15, 0.2) is 23.0 Å². The Hall–Kier alpha value is -3.09. The molecule has 0 bridgehead atoms. The molecule has 3 rings (SSSR count). The zero-order valence-electron chi connectivity index (χ0n) is 18.0. The lowest BCUT2D eigenvalue weighted by Gasteiger charge is -2.18. The third-order valence-corrected chi connectivity index (χ3v) is 5.44. The van der Waals surface area contributed by atoms with Crippen LogP contribution in [0, 0.1) is 11.8 Å². The Morgan fingerprint density at radius 1 is 0.767 bits per heavy atom. The van der Waals surface area contributed by atoms with Gasteiger partial charge < -0.3 is 28.4 Å². The summed E-state index contributed by atoms with van der Waals surface area (Å²) in [5.74, 6) is 2.64. The van der Waals surface area contributed by atoms with Crippen molar-refractivity contribution in [2.45, 2.75) is 12.8 Å². The standard InChI is InChI=1S/C23H28O7/c1-25-18-7-6-14(10-19(18)26-2)9-17-16(13-30-23(17)24)8-15-11-20(27-3)22(29-5)21(12-15)28-4/h6-7,10-12,16-17H,8-9,13H2,1-5H3/t16-,17-/m0/s1. The fourth-order valence-corrected chi connectivity index (χ4v) is 3.87. The molecule has 2 aromatic rings. The molecule has 0 aromatic heterocycles. The minimum absolute atomic E-state index is 0.0356. The highest BCUT2D eigenvalue weighted by molar-refractivity contribution is 5.75. The zero-order chi connectivity index (χ0) is 21.7. The van der Waals surface area contributed by atoms with Crippen molar-refractivity contribution in [2.75, 3.05) is 42.2 Å². The van der Waals surface area contributed by atoms with Gasteiger partial charge >= 0.3 is 5.97 Å².